The minimum Gasteiger partial charge on any atom is -0.508 e. The molecule has 0 saturated carbocycles. The Morgan fingerprint density at radius 2 is 1.77 bits per heavy atom. The first kappa shape index (κ1) is 9.71. The summed E-state index contributed by atoms with van der Waals surface area (Å²) in [6.45, 7) is 2.68. The van der Waals surface area contributed by atoms with Gasteiger partial charge in [-0.25, -0.2) is 0 Å². The highest BCUT2D eigenvalue weighted by atomic mass is 16.5. The molecule has 0 aliphatic rings. The summed E-state index contributed by atoms with van der Waals surface area (Å²) in [5.74, 6) is 0.545. The van der Waals surface area contributed by atoms with E-state index in [1.54, 1.807) is 0 Å². The van der Waals surface area contributed by atoms with Crippen LogP contribution in [-0.4, -0.2) is 16.8 Å². The van der Waals surface area contributed by atoms with Crippen LogP contribution in [0, 0.1) is 0 Å². The number of phenols is 2. The SMILES string of the molecule is CCCCOc1cc(O)cc(O)c1. The van der Waals surface area contributed by atoms with E-state index in [0.29, 0.717) is 12.4 Å². The summed E-state index contributed by atoms with van der Waals surface area (Å²) >= 11 is 0. The Morgan fingerprint density at radius 1 is 1.15 bits per heavy atom. The molecule has 3 nitrogen and oxygen atoms in total. The van der Waals surface area contributed by atoms with Crippen LogP contribution in [0.2, 0.25) is 0 Å². The molecular weight excluding hydrogens is 168 g/mol. The molecule has 1 aromatic carbocycles. The number of benzene rings is 1. The van der Waals surface area contributed by atoms with Crippen LogP contribution in [0.15, 0.2) is 18.2 Å². The smallest absolute Gasteiger partial charge is 0.126 e. The molecule has 0 amide bonds. The van der Waals surface area contributed by atoms with Gasteiger partial charge in [-0.3, -0.25) is 0 Å². The van der Waals surface area contributed by atoms with Gasteiger partial charge in [0.2, 0.25) is 0 Å². The van der Waals surface area contributed by atoms with E-state index < -0.39 is 0 Å². The summed E-state index contributed by atoms with van der Waals surface area (Å²) in [6.07, 6.45) is 2.03. The second kappa shape index (κ2) is 4.60. The zero-order valence-electron chi connectivity index (χ0n) is 7.66. The van der Waals surface area contributed by atoms with Crippen LogP contribution in [0.5, 0.6) is 17.2 Å². The average molecular weight is 182 g/mol. The van der Waals surface area contributed by atoms with Gasteiger partial charge in [0.1, 0.15) is 17.2 Å². The van der Waals surface area contributed by atoms with Gasteiger partial charge < -0.3 is 14.9 Å². The van der Waals surface area contributed by atoms with E-state index in [2.05, 4.69) is 6.92 Å². The molecule has 2 N–H and O–H groups in total. The number of aromatic hydroxyl groups is 2. The van der Waals surface area contributed by atoms with E-state index in [0.717, 1.165) is 12.8 Å². The molecule has 1 aromatic rings. The van der Waals surface area contributed by atoms with Gasteiger partial charge in [0.25, 0.3) is 0 Å². The van der Waals surface area contributed by atoms with Crippen molar-refractivity contribution in [2.24, 2.45) is 0 Å². The lowest BCUT2D eigenvalue weighted by Gasteiger charge is -2.05. The van der Waals surface area contributed by atoms with Crippen molar-refractivity contribution >= 4 is 0 Å². The highest BCUT2D eigenvalue weighted by Gasteiger charge is 1.98. The maximum Gasteiger partial charge on any atom is 0.126 e. The summed E-state index contributed by atoms with van der Waals surface area (Å²) in [5, 5.41) is 18.2. The predicted octanol–water partition coefficient (Wildman–Crippen LogP) is 2.28. The number of unbranched alkanes of at least 4 members (excludes halogenated alkanes) is 1. The Bertz CT molecular complexity index is 251. The van der Waals surface area contributed by atoms with Gasteiger partial charge in [-0.15, -0.1) is 0 Å². The third-order valence-electron chi connectivity index (χ3n) is 1.64. The molecule has 0 fully saturated rings. The number of hydrogen-bond donors (Lipinski definition) is 2. The summed E-state index contributed by atoms with van der Waals surface area (Å²) in [6, 6.07) is 4.23. The quantitative estimate of drug-likeness (QED) is 0.702. The van der Waals surface area contributed by atoms with E-state index >= 15 is 0 Å². The zero-order valence-corrected chi connectivity index (χ0v) is 7.66. The normalized spacial score (nSPS) is 9.92. The van der Waals surface area contributed by atoms with E-state index in [4.69, 9.17) is 14.9 Å². The molecule has 0 spiro atoms. The van der Waals surface area contributed by atoms with Crippen LogP contribution in [0.3, 0.4) is 0 Å². The Kier molecular flexibility index (Phi) is 3.43. The van der Waals surface area contributed by atoms with Gasteiger partial charge in [0, 0.05) is 18.2 Å². The van der Waals surface area contributed by atoms with Gasteiger partial charge in [-0.1, -0.05) is 13.3 Å². The highest BCUT2D eigenvalue weighted by Crippen LogP contribution is 2.25. The largest absolute Gasteiger partial charge is 0.508 e. The molecule has 3 heteroatoms. The van der Waals surface area contributed by atoms with Crippen LogP contribution in [-0.2, 0) is 0 Å². The van der Waals surface area contributed by atoms with Gasteiger partial charge in [0.05, 0.1) is 6.61 Å². The second-order valence-electron chi connectivity index (χ2n) is 2.89. The molecule has 0 aliphatic heterocycles. The summed E-state index contributed by atoms with van der Waals surface area (Å²) < 4.78 is 5.29. The second-order valence-corrected chi connectivity index (χ2v) is 2.89. The lowest BCUT2D eigenvalue weighted by Crippen LogP contribution is -1.95. The molecule has 13 heavy (non-hydrogen) atoms. The molecule has 0 radical (unpaired) electrons. The number of rotatable bonds is 4. The Labute approximate surface area is 77.6 Å². The van der Waals surface area contributed by atoms with Crippen molar-refractivity contribution in [3.05, 3.63) is 18.2 Å². The van der Waals surface area contributed by atoms with E-state index in [1.807, 2.05) is 0 Å². The van der Waals surface area contributed by atoms with Crippen LogP contribution in [0.1, 0.15) is 19.8 Å². The van der Waals surface area contributed by atoms with Crippen molar-refractivity contribution in [1.29, 1.82) is 0 Å². The lowest BCUT2D eigenvalue weighted by molar-refractivity contribution is 0.305. The first-order chi connectivity index (χ1) is 6.22. The summed E-state index contributed by atoms with van der Waals surface area (Å²) in [7, 11) is 0. The number of hydrogen-bond acceptors (Lipinski definition) is 3. The van der Waals surface area contributed by atoms with Gasteiger partial charge in [0.15, 0.2) is 0 Å². The Morgan fingerprint density at radius 3 is 2.31 bits per heavy atom. The molecule has 1 rings (SSSR count). The monoisotopic (exact) mass is 182 g/mol. The molecule has 0 heterocycles. The number of ether oxygens (including phenoxy) is 1. The van der Waals surface area contributed by atoms with Crippen molar-refractivity contribution in [3.63, 3.8) is 0 Å². The van der Waals surface area contributed by atoms with E-state index in [1.165, 1.54) is 18.2 Å². The van der Waals surface area contributed by atoms with Crippen LogP contribution in [0.25, 0.3) is 0 Å². The summed E-state index contributed by atoms with van der Waals surface area (Å²) in [5.41, 5.74) is 0. The predicted molar refractivity (Wildman–Crippen MR) is 50.2 cm³/mol. The third-order valence-corrected chi connectivity index (χ3v) is 1.64. The van der Waals surface area contributed by atoms with Gasteiger partial charge in [-0.2, -0.15) is 0 Å². The average Bonchev–Trinajstić information content (AvgIpc) is 2.03. The van der Waals surface area contributed by atoms with Gasteiger partial charge in [-0.05, 0) is 6.42 Å². The first-order valence-corrected chi connectivity index (χ1v) is 4.38. The Hall–Kier alpha value is -1.38. The standard InChI is InChI=1S/C10H14O3/c1-2-3-4-13-10-6-8(11)5-9(12)7-10/h5-7,11-12H,2-4H2,1H3. The molecule has 0 saturated heterocycles. The summed E-state index contributed by atoms with van der Waals surface area (Å²) in [4.78, 5) is 0. The molecule has 72 valence electrons. The van der Waals surface area contributed by atoms with Crippen molar-refractivity contribution in [2.45, 2.75) is 19.8 Å². The lowest BCUT2D eigenvalue weighted by atomic mass is 10.3. The minimum absolute atomic E-state index is 0.0199. The van der Waals surface area contributed by atoms with Crippen LogP contribution in [0.4, 0.5) is 0 Å². The Balaban J connectivity index is 2.56. The number of phenolic OH excluding ortho intramolecular Hbond substituents is 2. The van der Waals surface area contributed by atoms with E-state index in [-0.39, 0.29) is 11.5 Å². The molecule has 0 aliphatic carbocycles. The van der Waals surface area contributed by atoms with E-state index in [9.17, 15) is 0 Å². The molecule has 0 atom stereocenters. The van der Waals surface area contributed by atoms with Gasteiger partial charge >= 0.3 is 0 Å². The molecule has 0 aromatic heterocycles. The van der Waals surface area contributed by atoms with Crippen molar-refractivity contribution in [2.75, 3.05) is 6.61 Å². The van der Waals surface area contributed by atoms with Crippen molar-refractivity contribution < 1.29 is 14.9 Å². The maximum absolute atomic E-state index is 9.11. The fraction of sp³-hybridized carbons (Fsp3) is 0.400. The highest BCUT2D eigenvalue weighted by molar-refractivity contribution is 5.40. The molecular formula is C10H14O3. The van der Waals surface area contributed by atoms with Crippen LogP contribution < -0.4 is 4.74 Å². The fourth-order valence-electron chi connectivity index (χ4n) is 0.986. The molecule has 0 unspecified atom stereocenters. The zero-order chi connectivity index (χ0) is 9.68. The minimum atomic E-state index is 0.0199. The van der Waals surface area contributed by atoms with Crippen molar-refractivity contribution in [1.82, 2.24) is 0 Å². The maximum atomic E-state index is 9.11. The molecule has 0 bridgehead atoms. The fourth-order valence-corrected chi connectivity index (χ4v) is 0.986. The van der Waals surface area contributed by atoms with Crippen molar-refractivity contribution in [3.8, 4) is 17.2 Å². The topological polar surface area (TPSA) is 49.7 Å². The third kappa shape index (κ3) is 3.23. The first-order valence-electron chi connectivity index (χ1n) is 4.38. The van der Waals surface area contributed by atoms with Crippen LogP contribution >= 0.6 is 0 Å².